The molecule has 5 nitrogen and oxygen atoms in total. The van der Waals surface area contributed by atoms with Crippen LogP contribution in [0.2, 0.25) is 0 Å². The van der Waals surface area contributed by atoms with Crippen molar-refractivity contribution in [2.45, 2.75) is 38.9 Å². The molecule has 1 unspecified atom stereocenters. The lowest BCUT2D eigenvalue weighted by Gasteiger charge is -2.25. The van der Waals surface area contributed by atoms with Crippen LogP contribution in [0.5, 0.6) is 0 Å². The Kier molecular flexibility index (Phi) is 3.24. The highest BCUT2D eigenvalue weighted by Crippen LogP contribution is 2.30. The molecule has 1 aromatic heterocycles. The van der Waals surface area contributed by atoms with Crippen LogP contribution in [0.3, 0.4) is 0 Å². The van der Waals surface area contributed by atoms with Crippen LogP contribution in [-0.4, -0.2) is 27.7 Å². The number of carbonyl (C=O) groups is 1. The first-order valence-electron chi connectivity index (χ1n) is 7.16. The Balaban J connectivity index is 1.96. The molecule has 1 aromatic carbocycles. The van der Waals surface area contributed by atoms with Crippen LogP contribution >= 0.6 is 0 Å². The number of hydrogen-bond acceptors (Lipinski definition) is 4. The molecular weight excluding hydrogens is 268 g/mol. The third-order valence-electron chi connectivity index (χ3n) is 3.54. The minimum Gasteiger partial charge on any atom is -0.456 e. The summed E-state index contributed by atoms with van der Waals surface area (Å²) in [5.74, 6) is 0.602. The summed E-state index contributed by atoms with van der Waals surface area (Å²) >= 11 is 0. The number of nitrogens with zero attached hydrogens (tertiary/aromatic N) is 2. The van der Waals surface area contributed by atoms with Crippen LogP contribution in [-0.2, 0) is 16.5 Å². The van der Waals surface area contributed by atoms with E-state index in [9.17, 15) is 4.79 Å². The van der Waals surface area contributed by atoms with Gasteiger partial charge in [-0.15, -0.1) is 0 Å². The van der Waals surface area contributed by atoms with Crippen LogP contribution in [0.15, 0.2) is 18.2 Å². The highest BCUT2D eigenvalue weighted by Gasteiger charge is 2.26. The van der Waals surface area contributed by atoms with Gasteiger partial charge in [-0.2, -0.15) is 0 Å². The zero-order valence-electron chi connectivity index (χ0n) is 12.8. The van der Waals surface area contributed by atoms with E-state index >= 15 is 0 Å². The van der Waals surface area contributed by atoms with Gasteiger partial charge in [0.25, 0.3) is 0 Å². The number of esters is 1. The fourth-order valence-electron chi connectivity index (χ4n) is 2.40. The van der Waals surface area contributed by atoms with Crippen molar-refractivity contribution in [3.05, 3.63) is 29.6 Å². The number of hydrogen-bond donors (Lipinski definition) is 0. The number of carbonyl (C=O) groups excluding carboxylic acids is 1. The van der Waals surface area contributed by atoms with Gasteiger partial charge >= 0.3 is 5.97 Å². The summed E-state index contributed by atoms with van der Waals surface area (Å²) in [5, 5.41) is 0. The fraction of sp³-hybridized carbons (Fsp3) is 0.500. The average molecular weight is 288 g/mol. The number of imidazole rings is 1. The summed E-state index contributed by atoms with van der Waals surface area (Å²) in [6.07, 6.45) is 1.07. The van der Waals surface area contributed by atoms with Crippen molar-refractivity contribution in [1.29, 1.82) is 0 Å². The minimum absolute atomic E-state index is 0.0763. The van der Waals surface area contributed by atoms with Crippen LogP contribution in [0.1, 0.15) is 49.5 Å². The molecule has 0 bridgehead atoms. The Morgan fingerprint density at radius 3 is 2.71 bits per heavy atom. The normalized spacial score (nSPS) is 18.6. The van der Waals surface area contributed by atoms with Gasteiger partial charge in [0.2, 0.25) is 0 Å². The Labute approximate surface area is 123 Å². The largest absolute Gasteiger partial charge is 0.456 e. The van der Waals surface area contributed by atoms with E-state index < -0.39 is 5.60 Å². The molecule has 0 radical (unpaired) electrons. The first kappa shape index (κ1) is 14.1. The summed E-state index contributed by atoms with van der Waals surface area (Å²) in [7, 11) is 1.95. The van der Waals surface area contributed by atoms with Crippen LogP contribution in [0.4, 0.5) is 0 Å². The molecule has 2 heterocycles. The van der Waals surface area contributed by atoms with Gasteiger partial charge in [-0.3, -0.25) is 0 Å². The van der Waals surface area contributed by atoms with Gasteiger partial charge in [0, 0.05) is 13.5 Å². The molecule has 0 amide bonds. The predicted octanol–water partition coefficient (Wildman–Crippen LogP) is 2.99. The number of benzene rings is 1. The minimum atomic E-state index is -0.497. The number of aromatic nitrogens is 2. The van der Waals surface area contributed by atoms with E-state index in [0.29, 0.717) is 5.56 Å². The maximum Gasteiger partial charge on any atom is 0.338 e. The molecule has 1 aliphatic rings. The van der Waals surface area contributed by atoms with Gasteiger partial charge in [-0.1, -0.05) is 0 Å². The van der Waals surface area contributed by atoms with E-state index in [1.54, 1.807) is 6.07 Å². The molecule has 5 heteroatoms. The maximum atomic E-state index is 12.1. The first-order chi connectivity index (χ1) is 9.85. The van der Waals surface area contributed by atoms with Crippen molar-refractivity contribution < 1.29 is 14.3 Å². The van der Waals surface area contributed by atoms with Crippen molar-refractivity contribution in [2.75, 3.05) is 6.61 Å². The van der Waals surface area contributed by atoms with Gasteiger partial charge in [0.05, 0.1) is 23.2 Å². The van der Waals surface area contributed by atoms with E-state index in [4.69, 9.17) is 9.47 Å². The highest BCUT2D eigenvalue weighted by atomic mass is 16.6. The lowest BCUT2D eigenvalue weighted by Crippen LogP contribution is -2.23. The Morgan fingerprint density at radius 1 is 1.43 bits per heavy atom. The van der Waals surface area contributed by atoms with Crippen molar-refractivity contribution in [3.8, 4) is 0 Å². The quantitative estimate of drug-likeness (QED) is 0.797. The van der Waals surface area contributed by atoms with Crippen LogP contribution in [0.25, 0.3) is 11.0 Å². The zero-order chi connectivity index (χ0) is 15.2. The summed E-state index contributed by atoms with van der Waals surface area (Å²) in [6, 6.07) is 5.45. The Bertz CT molecular complexity index is 693. The molecule has 1 atom stereocenters. The van der Waals surface area contributed by atoms with Crippen molar-refractivity contribution in [3.63, 3.8) is 0 Å². The molecule has 0 saturated carbocycles. The number of fused-ring (bicyclic) bond motifs is 1. The van der Waals surface area contributed by atoms with E-state index in [1.807, 2.05) is 44.5 Å². The Hall–Kier alpha value is -1.88. The van der Waals surface area contributed by atoms with Crippen LogP contribution < -0.4 is 0 Å². The second-order valence-corrected chi connectivity index (χ2v) is 6.38. The lowest BCUT2D eigenvalue weighted by atomic mass is 10.1. The summed E-state index contributed by atoms with van der Waals surface area (Å²) in [5.41, 5.74) is 1.84. The lowest BCUT2D eigenvalue weighted by molar-refractivity contribution is -0.0591. The molecule has 112 valence electrons. The van der Waals surface area contributed by atoms with Gasteiger partial charge in [0.1, 0.15) is 17.5 Å². The molecule has 1 saturated heterocycles. The molecular formula is C16H20N2O3. The standard InChI is InChI=1S/C16H20N2O3/c1-16(2,3)21-15(19)10-5-6-11-12(9-10)18(4)14(17-11)13-7-8-20-13/h5-6,9,13H,7-8H2,1-4H3. The van der Waals surface area contributed by atoms with Crippen LogP contribution in [0, 0.1) is 0 Å². The number of aryl methyl sites for hydroxylation is 1. The van der Waals surface area contributed by atoms with Gasteiger partial charge in [-0.05, 0) is 39.0 Å². The highest BCUT2D eigenvalue weighted by molar-refractivity contribution is 5.94. The van der Waals surface area contributed by atoms with Crippen molar-refractivity contribution in [2.24, 2.45) is 7.05 Å². The molecule has 1 aliphatic heterocycles. The second kappa shape index (κ2) is 4.84. The predicted molar refractivity (Wildman–Crippen MR) is 79.2 cm³/mol. The molecule has 3 rings (SSSR count). The SMILES string of the molecule is Cn1c(C2CCO2)nc2ccc(C(=O)OC(C)(C)C)cc21. The molecule has 0 N–H and O–H groups in total. The first-order valence-corrected chi connectivity index (χ1v) is 7.16. The molecule has 2 aromatic rings. The van der Waals surface area contributed by atoms with E-state index in [2.05, 4.69) is 4.98 Å². The summed E-state index contributed by atoms with van der Waals surface area (Å²) < 4.78 is 12.9. The number of ether oxygens (including phenoxy) is 2. The van der Waals surface area contributed by atoms with E-state index in [-0.39, 0.29) is 12.1 Å². The molecule has 0 spiro atoms. The smallest absolute Gasteiger partial charge is 0.338 e. The molecule has 21 heavy (non-hydrogen) atoms. The monoisotopic (exact) mass is 288 g/mol. The number of rotatable bonds is 2. The average Bonchev–Trinajstić information content (AvgIpc) is 2.62. The topological polar surface area (TPSA) is 53.4 Å². The zero-order valence-corrected chi connectivity index (χ0v) is 12.8. The second-order valence-electron chi connectivity index (χ2n) is 6.38. The van der Waals surface area contributed by atoms with Crippen molar-refractivity contribution in [1.82, 2.24) is 9.55 Å². The summed E-state index contributed by atoms with van der Waals surface area (Å²) in [6.45, 7) is 6.37. The third-order valence-corrected chi connectivity index (χ3v) is 3.54. The fourth-order valence-corrected chi connectivity index (χ4v) is 2.40. The Morgan fingerprint density at radius 2 is 2.14 bits per heavy atom. The molecule has 1 fully saturated rings. The summed E-state index contributed by atoms with van der Waals surface area (Å²) in [4.78, 5) is 16.7. The van der Waals surface area contributed by atoms with Crippen molar-refractivity contribution >= 4 is 17.0 Å². The molecule has 0 aliphatic carbocycles. The van der Waals surface area contributed by atoms with Gasteiger partial charge in [0.15, 0.2) is 0 Å². The third kappa shape index (κ3) is 2.65. The van der Waals surface area contributed by atoms with E-state index in [0.717, 1.165) is 29.9 Å². The van der Waals surface area contributed by atoms with E-state index in [1.165, 1.54) is 0 Å². The van der Waals surface area contributed by atoms with Gasteiger partial charge < -0.3 is 14.0 Å². The van der Waals surface area contributed by atoms with Gasteiger partial charge in [-0.25, -0.2) is 9.78 Å². The maximum absolute atomic E-state index is 12.1.